The lowest BCUT2D eigenvalue weighted by molar-refractivity contribution is 0.509. The summed E-state index contributed by atoms with van der Waals surface area (Å²) in [6, 6.07) is 2.51. The minimum absolute atomic E-state index is 0.231. The lowest BCUT2D eigenvalue weighted by Gasteiger charge is -2.13. The molecule has 1 aromatic carbocycles. The molecule has 17 heavy (non-hydrogen) atoms. The van der Waals surface area contributed by atoms with Crippen LogP contribution in [-0.4, -0.2) is 21.1 Å². The van der Waals surface area contributed by atoms with E-state index in [2.05, 4.69) is 4.98 Å². The smallest absolute Gasteiger partial charge is 0.201 e. The number of rotatable bonds is 1. The van der Waals surface area contributed by atoms with Gasteiger partial charge in [-0.1, -0.05) is 0 Å². The van der Waals surface area contributed by atoms with Crippen LogP contribution in [0.5, 0.6) is 0 Å². The minimum Gasteiger partial charge on any atom is -0.369 e. The van der Waals surface area contributed by atoms with E-state index >= 15 is 0 Å². The summed E-state index contributed by atoms with van der Waals surface area (Å²) in [6.07, 6.45) is 0.985. The van der Waals surface area contributed by atoms with Crippen LogP contribution in [0.3, 0.4) is 0 Å². The van der Waals surface area contributed by atoms with E-state index < -0.39 is 11.6 Å². The second kappa shape index (κ2) is 3.87. The van der Waals surface area contributed by atoms with Crippen LogP contribution in [-0.2, 0) is 0 Å². The van der Waals surface area contributed by atoms with E-state index in [0.717, 1.165) is 24.0 Å². The van der Waals surface area contributed by atoms with E-state index in [0.29, 0.717) is 17.0 Å². The third kappa shape index (κ3) is 1.67. The van der Waals surface area contributed by atoms with Crippen LogP contribution in [0.25, 0.3) is 11.0 Å². The molecule has 2 N–H and O–H groups in total. The number of hydrogen-bond donors (Lipinski definition) is 1. The van der Waals surface area contributed by atoms with Crippen LogP contribution in [0.1, 0.15) is 12.5 Å². The van der Waals surface area contributed by atoms with Crippen molar-refractivity contribution < 1.29 is 8.78 Å². The minimum atomic E-state index is -0.886. The second-order valence-corrected chi connectivity index (χ2v) is 5.26. The highest BCUT2D eigenvalue weighted by molar-refractivity contribution is 7.99. The van der Waals surface area contributed by atoms with Gasteiger partial charge in [-0.3, -0.25) is 0 Å². The summed E-state index contributed by atoms with van der Waals surface area (Å²) in [5, 5.41) is 0. The van der Waals surface area contributed by atoms with Gasteiger partial charge in [-0.2, -0.15) is 11.8 Å². The van der Waals surface area contributed by atoms with Gasteiger partial charge >= 0.3 is 0 Å². The summed E-state index contributed by atoms with van der Waals surface area (Å²) >= 11 is 1.83. The number of benzene rings is 1. The van der Waals surface area contributed by atoms with Gasteiger partial charge in [0.25, 0.3) is 0 Å². The molecule has 1 aliphatic heterocycles. The number of nitrogen functional groups attached to an aromatic ring is 1. The molecule has 1 saturated heterocycles. The van der Waals surface area contributed by atoms with E-state index in [1.807, 2.05) is 16.3 Å². The van der Waals surface area contributed by atoms with Crippen LogP contribution in [0.4, 0.5) is 14.7 Å². The molecule has 1 aromatic heterocycles. The highest BCUT2D eigenvalue weighted by Crippen LogP contribution is 2.33. The number of nitrogens with two attached hydrogens (primary N) is 1. The van der Waals surface area contributed by atoms with Crippen LogP contribution >= 0.6 is 11.8 Å². The van der Waals surface area contributed by atoms with Crippen molar-refractivity contribution in [1.29, 1.82) is 0 Å². The summed E-state index contributed by atoms with van der Waals surface area (Å²) in [7, 11) is 0. The molecule has 0 bridgehead atoms. The zero-order valence-corrected chi connectivity index (χ0v) is 9.81. The van der Waals surface area contributed by atoms with Gasteiger partial charge in [0, 0.05) is 23.9 Å². The maximum absolute atomic E-state index is 13.3. The third-order valence-corrected chi connectivity index (χ3v) is 4.17. The third-order valence-electron chi connectivity index (χ3n) is 3.03. The molecule has 1 aliphatic rings. The number of aromatic nitrogens is 2. The maximum atomic E-state index is 13.3. The van der Waals surface area contributed by atoms with Crippen LogP contribution in [0.2, 0.25) is 0 Å². The lowest BCUT2D eigenvalue weighted by atomic mass is 10.2. The van der Waals surface area contributed by atoms with E-state index in [1.54, 1.807) is 0 Å². The first-order valence-electron chi connectivity index (χ1n) is 5.37. The number of thioether (sulfide) groups is 1. The summed E-state index contributed by atoms with van der Waals surface area (Å²) in [5.74, 6) is 0.590. The zero-order valence-electron chi connectivity index (χ0n) is 8.99. The van der Waals surface area contributed by atoms with Crippen LogP contribution in [0.15, 0.2) is 12.1 Å². The fourth-order valence-corrected chi connectivity index (χ4v) is 3.41. The average molecular weight is 255 g/mol. The van der Waals surface area contributed by atoms with E-state index in [-0.39, 0.29) is 6.04 Å². The Morgan fingerprint density at radius 1 is 1.35 bits per heavy atom. The molecular weight excluding hydrogens is 244 g/mol. The first-order valence-corrected chi connectivity index (χ1v) is 6.52. The SMILES string of the molecule is Nc1nc2cc(F)c(F)cc2n1C1CCSC1. The Morgan fingerprint density at radius 3 is 2.82 bits per heavy atom. The van der Waals surface area contributed by atoms with Crippen molar-refractivity contribution >= 4 is 28.7 Å². The average Bonchev–Trinajstić information content (AvgIpc) is 2.86. The second-order valence-electron chi connectivity index (χ2n) is 4.11. The van der Waals surface area contributed by atoms with Crippen molar-refractivity contribution in [2.45, 2.75) is 12.5 Å². The molecule has 3 rings (SSSR count). The van der Waals surface area contributed by atoms with E-state index in [9.17, 15) is 8.78 Å². The number of anilines is 1. The summed E-state index contributed by atoms with van der Waals surface area (Å²) in [6.45, 7) is 0. The van der Waals surface area contributed by atoms with Crippen molar-refractivity contribution in [1.82, 2.24) is 9.55 Å². The number of fused-ring (bicyclic) bond motifs is 1. The van der Waals surface area contributed by atoms with Crippen molar-refractivity contribution in [2.75, 3.05) is 17.2 Å². The maximum Gasteiger partial charge on any atom is 0.201 e. The summed E-state index contributed by atoms with van der Waals surface area (Å²) < 4.78 is 28.2. The Labute approximate surface area is 101 Å². The molecule has 2 heterocycles. The Morgan fingerprint density at radius 2 is 2.12 bits per heavy atom. The predicted molar refractivity (Wildman–Crippen MR) is 65.0 cm³/mol. The molecule has 90 valence electrons. The first-order chi connectivity index (χ1) is 8.16. The highest BCUT2D eigenvalue weighted by atomic mass is 32.2. The Bertz CT molecular complexity index is 576. The van der Waals surface area contributed by atoms with Crippen LogP contribution in [0, 0.1) is 11.6 Å². The summed E-state index contributed by atoms with van der Waals surface area (Å²) in [5.41, 5.74) is 6.82. The molecular formula is C11H11F2N3S. The normalized spacial score (nSPS) is 20.2. The number of nitrogens with zero attached hydrogens (tertiary/aromatic N) is 2. The lowest BCUT2D eigenvalue weighted by Crippen LogP contribution is -2.11. The van der Waals surface area contributed by atoms with Gasteiger partial charge in [-0.15, -0.1) is 0 Å². The molecule has 2 aromatic rings. The Hall–Kier alpha value is -1.30. The number of hydrogen-bond acceptors (Lipinski definition) is 3. The van der Waals surface area contributed by atoms with Gasteiger partial charge in [0.15, 0.2) is 11.6 Å². The van der Waals surface area contributed by atoms with Gasteiger partial charge in [0.05, 0.1) is 11.0 Å². The number of imidazole rings is 1. The van der Waals surface area contributed by atoms with Crippen molar-refractivity contribution in [3.8, 4) is 0 Å². The molecule has 0 spiro atoms. The van der Waals surface area contributed by atoms with Gasteiger partial charge < -0.3 is 10.3 Å². The van der Waals surface area contributed by atoms with Gasteiger partial charge in [-0.05, 0) is 12.2 Å². The highest BCUT2D eigenvalue weighted by Gasteiger charge is 2.22. The molecule has 3 nitrogen and oxygen atoms in total. The fourth-order valence-electron chi connectivity index (χ4n) is 2.22. The molecule has 0 saturated carbocycles. The first kappa shape index (κ1) is 10.8. The van der Waals surface area contributed by atoms with E-state index in [1.165, 1.54) is 6.07 Å². The molecule has 6 heteroatoms. The monoisotopic (exact) mass is 255 g/mol. The standard InChI is InChI=1S/C11H11F2N3S/c12-7-3-9-10(4-8(7)13)16(11(14)15-9)6-1-2-17-5-6/h3-4,6H,1-2,5H2,(H2,14,15). The fraction of sp³-hybridized carbons (Fsp3) is 0.364. The van der Waals surface area contributed by atoms with Gasteiger partial charge in [0.1, 0.15) is 0 Å². The van der Waals surface area contributed by atoms with Gasteiger partial charge in [0.2, 0.25) is 5.95 Å². The quantitative estimate of drug-likeness (QED) is 0.851. The summed E-state index contributed by atoms with van der Waals surface area (Å²) in [4.78, 5) is 4.08. The topological polar surface area (TPSA) is 43.8 Å². The van der Waals surface area contributed by atoms with E-state index in [4.69, 9.17) is 5.73 Å². The number of halogens is 2. The molecule has 1 atom stereocenters. The predicted octanol–water partition coefficient (Wildman–Crippen LogP) is 2.57. The molecule has 1 unspecified atom stereocenters. The van der Waals surface area contributed by atoms with Crippen molar-refractivity contribution in [2.24, 2.45) is 0 Å². The Kier molecular flexibility index (Phi) is 2.47. The molecule has 1 fully saturated rings. The molecule has 0 radical (unpaired) electrons. The van der Waals surface area contributed by atoms with Crippen molar-refractivity contribution in [3.05, 3.63) is 23.8 Å². The van der Waals surface area contributed by atoms with Crippen molar-refractivity contribution in [3.63, 3.8) is 0 Å². The van der Waals surface area contributed by atoms with Gasteiger partial charge in [-0.25, -0.2) is 13.8 Å². The largest absolute Gasteiger partial charge is 0.369 e. The Balaban J connectivity index is 2.22. The molecule has 0 amide bonds. The zero-order chi connectivity index (χ0) is 12.0. The van der Waals surface area contributed by atoms with Crippen LogP contribution < -0.4 is 5.73 Å². The molecule has 0 aliphatic carbocycles.